The number of ether oxygens (including phenoxy) is 2. The van der Waals surface area contributed by atoms with E-state index in [0.717, 1.165) is 13.1 Å². The Balaban J connectivity index is 2.12. The molecule has 3 nitrogen and oxygen atoms in total. The molecular weight excluding hydrogens is 214 g/mol. The lowest BCUT2D eigenvalue weighted by atomic mass is 9.80. The standard InChI is InChI=1S/C14H27NO2/c1-12(2)14(11-16-3)10-15-9-13(17-14)7-5-4-6-8-13/h12,15H,4-11H2,1-3H3. The van der Waals surface area contributed by atoms with Crippen LogP contribution < -0.4 is 5.32 Å². The highest BCUT2D eigenvalue weighted by atomic mass is 16.6. The number of nitrogens with one attached hydrogen (secondary N) is 1. The van der Waals surface area contributed by atoms with Crippen molar-refractivity contribution in [1.82, 2.24) is 5.32 Å². The maximum Gasteiger partial charge on any atom is 0.107 e. The van der Waals surface area contributed by atoms with Gasteiger partial charge >= 0.3 is 0 Å². The van der Waals surface area contributed by atoms with Gasteiger partial charge in [-0.25, -0.2) is 0 Å². The van der Waals surface area contributed by atoms with Gasteiger partial charge < -0.3 is 14.8 Å². The molecule has 1 saturated carbocycles. The van der Waals surface area contributed by atoms with Crippen molar-refractivity contribution in [2.24, 2.45) is 5.92 Å². The molecule has 1 N–H and O–H groups in total. The molecule has 0 aromatic carbocycles. The minimum Gasteiger partial charge on any atom is -0.382 e. The SMILES string of the molecule is COCC1(C(C)C)CNCC2(CCCCC2)O1. The molecule has 100 valence electrons. The molecule has 2 fully saturated rings. The molecule has 1 saturated heterocycles. The fraction of sp³-hybridized carbons (Fsp3) is 1.00. The average molecular weight is 241 g/mol. The van der Waals surface area contributed by atoms with E-state index in [1.165, 1.54) is 32.1 Å². The summed E-state index contributed by atoms with van der Waals surface area (Å²) in [6.07, 6.45) is 6.39. The lowest BCUT2D eigenvalue weighted by Gasteiger charge is -2.52. The first kappa shape index (κ1) is 13.3. The van der Waals surface area contributed by atoms with Crippen molar-refractivity contribution in [3.8, 4) is 0 Å². The Hall–Kier alpha value is -0.120. The maximum absolute atomic E-state index is 6.62. The summed E-state index contributed by atoms with van der Waals surface area (Å²) < 4.78 is 12.0. The predicted molar refractivity (Wildman–Crippen MR) is 69.2 cm³/mol. The number of hydrogen-bond acceptors (Lipinski definition) is 3. The molecule has 2 aliphatic rings. The van der Waals surface area contributed by atoms with Crippen molar-refractivity contribution < 1.29 is 9.47 Å². The van der Waals surface area contributed by atoms with Crippen LogP contribution in [0.5, 0.6) is 0 Å². The van der Waals surface area contributed by atoms with Gasteiger partial charge in [-0.2, -0.15) is 0 Å². The normalized spacial score (nSPS) is 33.2. The van der Waals surface area contributed by atoms with Gasteiger partial charge in [0, 0.05) is 20.2 Å². The van der Waals surface area contributed by atoms with Crippen LogP contribution in [0.15, 0.2) is 0 Å². The van der Waals surface area contributed by atoms with Gasteiger partial charge in [-0.15, -0.1) is 0 Å². The fourth-order valence-electron chi connectivity index (χ4n) is 3.29. The minimum atomic E-state index is -0.135. The third-order valence-electron chi connectivity index (χ3n) is 4.50. The molecule has 1 heterocycles. The molecule has 1 atom stereocenters. The van der Waals surface area contributed by atoms with Gasteiger partial charge in [-0.1, -0.05) is 33.1 Å². The van der Waals surface area contributed by atoms with E-state index in [4.69, 9.17) is 9.47 Å². The molecule has 2 rings (SSSR count). The van der Waals surface area contributed by atoms with Gasteiger partial charge in [0.2, 0.25) is 0 Å². The number of hydrogen-bond donors (Lipinski definition) is 1. The number of methoxy groups -OCH3 is 1. The third-order valence-corrected chi connectivity index (χ3v) is 4.50. The highest BCUT2D eigenvalue weighted by molar-refractivity contribution is 4.99. The van der Waals surface area contributed by atoms with E-state index in [1.54, 1.807) is 7.11 Å². The summed E-state index contributed by atoms with van der Waals surface area (Å²) in [5.74, 6) is 0.481. The van der Waals surface area contributed by atoms with Crippen LogP contribution in [0.25, 0.3) is 0 Å². The zero-order valence-electron chi connectivity index (χ0n) is 11.6. The van der Waals surface area contributed by atoms with Crippen LogP contribution in [0, 0.1) is 5.92 Å². The van der Waals surface area contributed by atoms with E-state index in [2.05, 4.69) is 19.2 Å². The smallest absolute Gasteiger partial charge is 0.107 e. The van der Waals surface area contributed by atoms with Crippen molar-refractivity contribution in [2.75, 3.05) is 26.8 Å². The van der Waals surface area contributed by atoms with Crippen molar-refractivity contribution in [2.45, 2.75) is 57.2 Å². The molecule has 0 bridgehead atoms. The molecular formula is C14H27NO2. The Bertz CT molecular complexity index is 239. The van der Waals surface area contributed by atoms with Crippen LogP contribution in [0.1, 0.15) is 46.0 Å². The van der Waals surface area contributed by atoms with Crippen molar-refractivity contribution in [1.29, 1.82) is 0 Å². The second-order valence-corrected chi connectivity index (χ2v) is 6.10. The summed E-state index contributed by atoms with van der Waals surface area (Å²) in [6.45, 7) is 7.11. The summed E-state index contributed by atoms with van der Waals surface area (Å²) in [7, 11) is 1.77. The molecule has 3 heteroatoms. The predicted octanol–water partition coefficient (Wildman–Crippen LogP) is 2.35. The van der Waals surface area contributed by atoms with Gasteiger partial charge in [0.05, 0.1) is 12.2 Å². The first-order chi connectivity index (χ1) is 8.13. The monoisotopic (exact) mass is 241 g/mol. The average Bonchev–Trinajstić information content (AvgIpc) is 2.30. The van der Waals surface area contributed by atoms with E-state index < -0.39 is 0 Å². The molecule has 17 heavy (non-hydrogen) atoms. The minimum absolute atomic E-state index is 0.0826. The van der Waals surface area contributed by atoms with Crippen LogP contribution in [0.3, 0.4) is 0 Å². The first-order valence-corrected chi connectivity index (χ1v) is 7.02. The Morgan fingerprint density at radius 1 is 1.18 bits per heavy atom. The van der Waals surface area contributed by atoms with E-state index in [9.17, 15) is 0 Å². The molecule has 0 aromatic heterocycles. The van der Waals surface area contributed by atoms with Gasteiger partial charge in [0.15, 0.2) is 0 Å². The second kappa shape index (κ2) is 5.25. The van der Waals surface area contributed by atoms with Crippen LogP contribution in [0.4, 0.5) is 0 Å². The van der Waals surface area contributed by atoms with E-state index in [-0.39, 0.29) is 11.2 Å². The van der Waals surface area contributed by atoms with Crippen LogP contribution in [-0.2, 0) is 9.47 Å². The summed E-state index contributed by atoms with van der Waals surface area (Å²) in [4.78, 5) is 0. The second-order valence-electron chi connectivity index (χ2n) is 6.10. The van der Waals surface area contributed by atoms with Gasteiger partial charge in [0.25, 0.3) is 0 Å². The molecule has 1 spiro atoms. The maximum atomic E-state index is 6.62. The molecule has 1 unspecified atom stereocenters. The summed E-state index contributed by atoms with van der Waals surface area (Å²) in [6, 6.07) is 0. The third kappa shape index (κ3) is 2.67. The number of morpholine rings is 1. The fourth-order valence-corrected chi connectivity index (χ4v) is 3.29. The van der Waals surface area contributed by atoms with Gasteiger partial charge in [-0.05, 0) is 18.8 Å². The summed E-state index contributed by atoms with van der Waals surface area (Å²) >= 11 is 0. The van der Waals surface area contributed by atoms with Crippen LogP contribution >= 0.6 is 0 Å². The molecule has 1 aliphatic carbocycles. The lowest BCUT2D eigenvalue weighted by Crippen LogP contribution is -2.64. The Morgan fingerprint density at radius 2 is 1.88 bits per heavy atom. The zero-order chi connectivity index (χ0) is 12.4. The Morgan fingerprint density at radius 3 is 2.47 bits per heavy atom. The largest absolute Gasteiger partial charge is 0.382 e. The first-order valence-electron chi connectivity index (χ1n) is 7.02. The molecule has 1 aliphatic heterocycles. The Labute approximate surface area is 105 Å². The topological polar surface area (TPSA) is 30.5 Å². The van der Waals surface area contributed by atoms with E-state index in [0.29, 0.717) is 12.5 Å². The Kier molecular flexibility index (Phi) is 4.11. The number of rotatable bonds is 3. The quantitative estimate of drug-likeness (QED) is 0.823. The summed E-state index contributed by atoms with van der Waals surface area (Å²) in [5, 5.41) is 3.60. The van der Waals surface area contributed by atoms with Gasteiger partial charge in [-0.3, -0.25) is 0 Å². The highest BCUT2D eigenvalue weighted by Gasteiger charge is 2.47. The zero-order valence-corrected chi connectivity index (χ0v) is 11.6. The molecule has 0 amide bonds. The van der Waals surface area contributed by atoms with E-state index in [1.807, 2.05) is 0 Å². The van der Waals surface area contributed by atoms with Crippen LogP contribution in [-0.4, -0.2) is 38.0 Å². The van der Waals surface area contributed by atoms with Crippen molar-refractivity contribution >= 4 is 0 Å². The summed E-state index contributed by atoms with van der Waals surface area (Å²) in [5.41, 5.74) is -0.0519. The van der Waals surface area contributed by atoms with Crippen molar-refractivity contribution in [3.63, 3.8) is 0 Å². The molecule has 0 aromatic rings. The highest BCUT2D eigenvalue weighted by Crippen LogP contribution is 2.39. The molecule has 0 radical (unpaired) electrons. The van der Waals surface area contributed by atoms with Crippen LogP contribution in [0.2, 0.25) is 0 Å². The van der Waals surface area contributed by atoms with Crippen molar-refractivity contribution in [3.05, 3.63) is 0 Å². The van der Waals surface area contributed by atoms with E-state index >= 15 is 0 Å². The van der Waals surface area contributed by atoms with Gasteiger partial charge in [0.1, 0.15) is 5.60 Å². The lowest BCUT2D eigenvalue weighted by molar-refractivity contribution is -0.225.